The highest BCUT2D eigenvalue weighted by Crippen LogP contribution is 2.35. The molecule has 0 aliphatic carbocycles. The van der Waals surface area contributed by atoms with Gasteiger partial charge >= 0.3 is 0 Å². The summed E-state index contributed by atoms with van der Waals surface area (Å²) < 4.78 is 36.4. The highest BCUT2D eigenvalue weighted by Gasteiger charge is 2.26. The molecule has 2 atom stereocenters. The summed E-state index contributed by atoms with van der Waals surface area (Å²) in [5.41, 5.74) is 2.63. The van der Waals surface area contributed by atoms with Crippen molar-refractivity contribution in [2.75, 3.05) is 18.4 Å². The van der Waals surface area contributed by atoms with E-state index >= 15 is 0 Å². The highest BCUT2D eigenvalue weighted by atomic mass is 35.5. The summed E-state index contributed by atoms with van der Waals surface area (Å²) in [5, 5.41) is 11.4. The van der Waals surface area contributed by atoms with Gasteiger partial charge in [-0.2, -0.15) is 5.10 Å². The number of aromatic nitrogens is 2. The van der Waals surface area contributed by atoms with Crippen LogP contribution in [-0.4, -0.2) is 43.8 Å². The van der Waals surface area contributed by atoms with Gasteiger partial charge in [0.25, 0.3) is 10.0 Å². The lowest BCUT2D eigenvalue weighted by Crippen LogP contribution is -2.40. The minimum atomic E-state index is -3.89. The Hall–Kier alpha value is -3.12. The first-order chi connectivity index (χ1) is 18.2. The van der Waals surface area contributed by atoms with Gasteiger partial charge in [-0.1, -0.05) is 48.9 Å². The maximum Gasteiger partial charge on any atom is 0.272 e. The Bertz CT molecular complexity index is 1580. The van der Waals surface area contributed by atoms with Gasteiger partial charge in [-0.25, -0.2) is 8.42 Å². The molecule has 1 saturated heterocycles. The Morgan fingerprint density at radius 2 is 2.00 bits per heavy atom. The number of nitrogens with one attached hydrogen (secondary N) is 3. The van der Waals surface area contributed by atoms with Crippen molar-refractivity contribution in [1.29, 1.82) is 0 Å². The van der Waals surface area contributed by atoms with Gasteiger partial charge in [0.15, 0.2) is 5.82 Å². The molecule has 0 saturated carbocycles. The zero-order valence-corrected chi connectivity index (χ0v) is 23.3. The molecule has 1 aliphatic rings. The van der Waals surface area contributed by atoms with E-state index in [2.05, 4.69) is 27.4 Å². The second-order valence-corrected chi connectivity index (χ2v) is 13.0. The van der Waals surface area contributed by atoms with Crippen molar-refractivity contribution in [2.45, 2.75) is 36.7 Å². The zero-order chi connectivity index (χ0) is 26.9. The van der Waals surface area contributed by atoms with Crippen molar-refractivity contribution in [3.05, 3.63) is 70.1 Å². The summed E-state index contributed by atoms with van der Waals surface area (Å²) in [6.07, 6.45) is 0.841. The zero-order valence-electron chi connectivity index (χ0n) is 20.9. The maximum absolute atomic E-state index is 13.0. The van der Waals surface area contributed by atoms with Crippen LogP contribution in [0.2, 0.25) is 4.34 Å². The van der Waals surface area contributed by atoms with Crippen LogP contribution >= 0.6 is 22.9 Å². The van der Waals surface area contributed by atoms with Gasteiger partial charge in [0, 0.05) is 6.54 Å². The van der Waals surface area contributed by atoms with Crippen molar-refractivity contribution in [1.82, 2.24) is 20.4 Å². The van der Waals surface area contributed by atoms with Gasteiger partial charge in [-0.05, 0) is 54.3 Å². The molecule has 1 aliphatic heterocycles. The van der Waals surface area contributed by atoms with Crippen LogP contribution in [0.1, 0.15) is 24.5 Å². The maximum atomic E-state index is 13.0. The van der Waals surface area contributed by atoms with Crippen molar-refractivity contribution in [3.63, 3.8) is 0 Å². The Balaban J connectivity index is 1.39. The van der Waals surface area contributed by atoms with Crippen LogP contribution in [0.4, 0.5) is 5.82 Å². The summed E-state index contributed by atoms with van der Waals surface area (Å²) in [4.78, 5) is 12.5. The SMILES string of the molecule is COc1cccc2c1c(NS(=O)(=O)c1ccc(Cl)s1)nn2Cc1cccc(CNC(=O)[C@@H]2C[C@@H](C)CN2)c1. The number of rotatable bonds is 9. The number of amides is 1. The van der Waals surface area contributed by atoms with Crippen LogP contribution in [0.15, 0.2) is 58.8 Å². The van der Waals surface area contributed by atoms with Crippen LogP contribution < -0.4 is 20.1 Å². The van der Waals surface area contributed by atoms with Crippen LogP contribution in [0.25, 0.3) is 10.9 Å². The molecule has 5 rings (SSSR count). The molecule has 38 heavy (non-hydrogen) atoms. The molecule has 200 valence electrons. The first-order valence-electron chi connectivity index (χ1n) is 12.1. The van der Waals surface area contributed by atoms with E-state index in [1.54, 1.807) is 10.7 Å². The molecule has 9 nitrogen and oxygen atoms in total. The molecule has 4 aromatic rings. The molecular formula is C26H28ClN5O4S2. The topological polar surface area (TPSA) is 114 Å². The van der Waals surface area contributed by atoms with E-state index < -0.39 is 10.0 Å². The van der Waals surface area contributed by atoms with E-state index in [1.807, 2.05) is 36.4 Å². The molecule has 1 fully saturated rings. The number of sulfonamides is 1. The largest absolute Gasteiger partial charge is 0.496 e. The predicted molar refractivity (Wildman–Crippen MR) is 149 cm³/mol. The number of carbonyl (C=O) groups is 1. The van der Waals surface area contributed by atoms with E-state index in [0.717, 1.165) is 35.4 Å². The predicted octanol–water partition coefficient (Wildman–Crippen LogP) is 4.22. The molecule has 3 N–H and O–H groups in total. The number of nitrogens with zero attached hydrogens (tertiary/aromatic N) is 2. The van der Waals surface area contributed by atoms with Crippen LogP contribution in [0, 0.1) is 5.92 Å². The van der Waals surface area contributed by atoms with Gasteiger partial charge in [0.2, 0.25) is 5.91 Å². The quantitative estimate of drug-likeness (QED) is 0.276. The van der Waals surface area contributed by atoms with Gasteiger partial charge < -0.3 is 15.4 Å². The second-order valence-electron chi connectivity index (χ2n) is 9.36. The number of anilines is 1. The molecule has 0 radical (unpaired) electrons. The van der Waals surface area contributed by atoms with Crippen molar-refractivity contribution in [3.8, 4) is 5.75 Å². The highest BCUT2D eigenvalue weighted by molar-refractivity contribution is 7.94. The lowest BCUT2D eigenvalue weighted by molar-refractivity contribution is -0.123. The number of methoxy groups -OCH3 is 1. The monoisotopic (exact) mass is 573 g/mol. The fourth-order valence-electron chi connectivity index (χ4n) is 4.61. The average Bonchev–Trinajstić information content (AvgIpc) is 3.62. The first kappa shape index (κ1) is 26.5. The number of benzene rings is 2. The lowest BCUT2D eigenvalue weighted by Gasteiger charge is -2.12. The van der Waals surface area contributed by atoms with Gasteiger partial charge in [-0.15, -0.1) is 11.3 Å². The molecule has 3 heterocycles. The van der Waals surface area contributed by atoms with Crippen molar-refractivity contribution >= 4 is 55.6 Å². The number of halogens is 1. The number of thiophene rings is 1. The third-order valence-electron chi connectivity index (χ3n) is 6.46. The minimum Gasteiger partial charge on any atom is -0.496 e. The molecule has 1 amide bonds. The Morgan fingerprint density at radius 1 is 1.21 bits per heavy atom. The van der Waals surface area contributed by atoms with Gasteiger partial charge in [-0.3, -0.25) is 14.2 Å². The molecule has 0 unspecified atom stereocenters. The van der Waals surface area contributed by atoms with Crippen LogP contribution in [-0.2, 0) is 27.9 Å². The summed E-state index contributed by atoms with van der Waals surface area (Å²) in [5.74, 6) is 1.17. The summed E-state index contributed by atoms with van der Waals surface area (Å²) in [6.45, 7) is 3.79. The number of ether oxygens (including phenoxy) is 1. The van der Waals surface area contributed by atoms with Crippen molar-refractivity contribution < 1.29 is 17.9 Å². The molecule has 12 heteroatoms. The van der Waals surface area contributed by atoms with E-state index in [4.69, 9.17) is 16.3 Å². The third kappa shape index (κ3) is 5.65. The van der Waals surface area contributed by atoms with E-state index in [0.29, 0.717) is 40.0 Å². The van der Waals surface area contributed by atoms with E-state index in [-0.39, 0.29) is 22.0 Å². The summed E-state index contributed by atoms with van der Waals surface area (Å²) in [7, 11) is -2.36. The number of carbonyl (C=O) groups excluding carboxylic acids is 1. The van der Waals surface area contributed by atoms with Gasteiger partial charge in [0.1, 0.15) is 9.96 Å². The number of hydrogen-bond donors (Lipinski definition) is 3. The number of hydrogen-bond acceptors (Lipinski definition) is 7. The van der Waals surface area contributed by atoms with E-state index in [1.165, 1.54) is 19.2 Å². The smallest absolute Gasteiger partial charge is 0.272 e. The number of fused-ring (bicyclic) bond motifs is 1. The summed E-state index contributed by atoms with van der Waals surface area (Å²) in [6, 6.07) is 16.2. The fourth-order valence-corrected chi connectivity index (χ4v) is 7.11. The molecule has 2 aromatic heterocycles. The first-order valence-corrected chi connectivity index (χ1v) is 14.8. The van der Waals surface area contributed by atoms with Crippen LogP contribution in [0.3, 0.4) is 0 Å². The Kier molecular flexibility index (Phi) is 7.62. The second kappa shape index (κ2) is 10.9. The van der Waals surface area contributed by atoms with E-state index in [9.17, 15) is 13.2 Å². The molecule has 2 aromatic carbocycles. The summed E-state index contributed by atoms with van der Waals surface area (Å²) >= 11 is 6.93. The van der Waals surface area contributed by atoms with Crippen LogP contribution in [0.5, 0.6) is 5.75 Å². The fraction of sp³-hybridized carbons (Fsp3) is 0.308. The lowest BCUT2D eigenvalue weighted by atomic mass is 10.1. The third-order valence-corrected chi connectivity index (χ3v) is 9.52. The molecule has 0 bridgehead atoms. The Labute approximate surface area is 230 Å². The van der Waals surface area contributed by atoms with Gasteiger partial charge in [0.05, 0.1) is 34.9 Å². The average molecular weight is 574 g/mol. The molecular weight excluding hydrogens is 546 g/mol. The molecule has 0 spiro atoms. The van der Waals surface area contributed by atoms with Crippen molar-refractivity contribution in [2.24, 2.45) is 5.92 Å². The Morgan fingerprint density at radius 3 is 2.71 bits per heavy atom. The minimum absolute atomic E-state index is 0.00821. The normalized spacial score (nSPS) is 17.6. The standard InChI is InChI=1S/C26H28ClN5O4S2/c1-16-11-19(28-13-16)26(33)29-14-17-5-3-6-18(12-17)15-32-20-7-4-8-21(36-2)24(20)25(30-32)31-38(34,35)23-10-9-22(27)37-23/h3-10,12,16,19,28H,11,13-15H2,1-2H3,(H,29,33)(H,30,31)/t16-,19+/m1/s1.